The zero-order valence-electron chi connectivity index (χ0n) is 27.1. The van der Waals surface area contributed by atoms with E-state index >= 15 is 0 Å². The fraction of sp³-hybridized carbons (Fsp3) is 0.0217. The maximum absolute atomic E-state index is 5.26. The Morgan fingerprint density at radius 2 is 1.08 bits per heavy atom. The molecule has 0 spiro atoms. The summed E-state index contributed by atoms with van der Waals surface area (Å²) in [5.41, 5.74) is 10.4. The van der Waals surface area contributed by atoms with Crippen molar-refractivity contribution in [3.63, 3.8) is 0 Å². The summed E-state index contributed by atoms with van der Waals surface area (Å²) in [6.45, 7) is 0. The van der Waals surface area contributed by atoms with E-state index in [0.717, 1.165) is 22.5 Å². The molecule has 1 aliphatic heterocycles. The van der Waals surface area contributed by atoms with Gasteiger partial charge in [0.25, 0.3) is 0 Å². The molecule has 0 fully saturated rings. The highest BCUT2D eigenvalue weighted by molar-refractivity contribution is 6.36. The molecule has 0 bridgehead atoms. The first kappa shape index (κ1) is 27.3. The lowest BCUT2D eigenvalue weighted by atomic mass is 9.98. The topological polar surface area (TPSA) is 34.2 Å². The molecular formula is C46H30N4. The van der Waals surface area contributed by atoms with Gasteiger partial charge in [0.2, 0.25) is 6.29 Å². The second kappa shape index (κ2) is 10.4. The minimum absolute atomic E-state index is 0.344. The average Bonchev–Trinajstić information content (AvgIpc) is 3.72. The Labute approximate surface area is 288 Å². The third-order valence-corrected chi connectivity index (χ3v) is 10.5. The zero-order valence-corrected chi connectivity index (χ0v) is 27.1. The van der Waals surface area contributed by atoms with Crippen LogP contribution in [0.3, 0.4) is 0 Å². The first-order valence-corrected chi connectivity index (χ1v) is 17.2. The molecule has 4 nitrogen and oxygen atoms in total. The van der Waals surface area contributed by atoms with Crippen LogP contribution in [0.5, 0.6) is 0 Å². The van der Waals surface area contributed by atoms with E-state index in [9.17, 15) is 0 Å². The Hall–Kier alpha value is -6.65. The van der Waals surface area contributed by atoms with Crippen molar-refractivity contribution in [3.8, 4) is 16.8 Å². The van der Waals surface area contributed by atoms with Crippen LogP contribution in [-0.4, -0.2) is 15.3 Å². The van der Waals surface area contributed by atoms with E-state index in [1.54, 1.807) is 0 Å². The third-order valence-electron chi connectivity index (χ3n) is 10.5. The predicted molar refractivity (Wildman–Crippen MR) is 211 cm³/mol. The molecular weight excluding hydrogens is 609 g/mol. The average molecular weight is 639 g/mol. The number of nitrogens with one attached hydrogen (secondary N) is 1. The highest BCUT2D eigenvalue weighted by Crippen LogP contribution is 2.47. The molecule has 4 heteroatoms. The van der Waals surface area contributed by atoms with E-state index in [0.29, 0.717) is 0 Å². The summed E-state index contributed by atoms with van der Waals surface area (Å²) in [6.07, 6.45) is 1.70. The van der Waals surface area contributed by atoms with Crippen molar-refractivity contribution in [2.75, 3.05) is 5.32 Å². The minimum Gasteiger partial charge on any atom is -0.346 e. The van der Waals surface area contributed by atoms with Crippen LogP contribution < -0.4 is 5.32 Å². The maximum atomic E-state index is 5.26. The number of para-hydroxylation sites is 3. The van der Waals surface area contributed by atoms with Gasteiger partial charge >= 0.3 is 0 Å². The van der Waals surface area contributed by atoms with Crippen molar-refractivity contribution in [2.24, 2.45) is 4.99 Å². The van der Waals surface area contributed by atoms with Crippen molar-refractivity contribution in [2.45, 2.75) is 6.29 Å². The molecule has 11 rings (SSSR count). The first-order valence-electron chi connectivity index (χ1n) is 17.2. The molecule has 1 aliphatic rings. The van der Waals surface area contributed by atoms with Gasteiger partial charge in [-0.15, -0.1) is 0 Å². The lowest BCUT2D eigenvalue weighted by molar-refractivity contribution is 0.628. The lowest BCUT2D eigenvalue weighted by Crippen LogP contribution is -2.20. The number of benzene rings is 8. The van der Waals surface area contributed by atoms with Gasteiger partial charge in [-0.25, -0.2) is 4.99 Å². The van der Waals surface area contributed by atoms with E-state index < -0.39 is 0 Å². The summed E-state index contributed by atoms with van der Waals surface area (Å²) in [6, 6.07) is 59.1. The quantitative estimate of drug-likeness (QED) is 0.205. The van der Waals surface area contributed by atoms with Crippen molar-refractivity contribution in [1.29, 1.82) is 0 Å². The predicted octanol–water partition coefficient (Wildman–Crippen LogP) is 11.9. The van der Waals surface area contributed by atoms with E-state index in [4.69, 9.17) is 4.99 Å². The SMILES string of the molecule is C1=NC(n2c3ccccc3c3c4ccccc4c4c5ccccc5n(-c5ccccc5)c4c32)Nc2ccc(-c3ccc4ccccc4c3)cc21. The summed E-state index contributed by atoms with van der Waals surface area (Å²) in [7, 11) is 0. The minimum atomic E-state index is -0.344. The Morgan fingerprint density at radius 3 is 1.88 bits per heavy atom. The van der Waals surface area contributed by atoms with Crippen LogP contribution in [-0.2, 0) is 0 Å². The number of anilines is 1. The van der Waals surface area contributed by atoms with Gasteiger partial charge in [-0.1, -0.05) is 121 Å². The van der Waals surface area contributed by atoms with Crippen LogP contribution in [0.25, 0.3) is 82.0 Å². The number of aromatic nitrogens is 2. The Kier molecular flexibility index (Phi) is 5.69. The van der Waals surface area contributed by atoms with E-state index in [-0.39, 0.29) is 6.29 Å². The molecule has 2 aromatic heterocycles. The van der Waals surface area contributed by atoms with Gasteiger partial charge in [-0.3, -0.25) is 4.57 Å². The summed E-state index contributed by atoms with van der Waals surface area (Å²) in [5.74, 6) is 0. The number of rotatable bonds is 3. The molecule has 1 unspecified atom stereocenters. The Bertz CT molecular complexity index is 3020. The Morgan fingerprint density at radius 1 is 0.480 bits per heavy atom. The molecule has 0 aliphatic carbocycles. The second-order valence-electron chi connectivity index (χ2n) is 13.2. The molecule has 3 heterocycles. The van der Waals surface area contributed by atoms with Gasteiger partial charge in [-0.2, -0.15) is 0 Å². The van der Waals surface area contributed by atoms with Gasteiger partial charge in [0.15, 0.2) is 0 Å². The van der Waals surface area contributed by atoms with E-state index in [1.807, 2.05) is 6.21 Å². The fourth-order valence-electron chi connectivity index (χ4n) is 8.33. The highest BCUT2D eigenvalue weighted by Gasteiger charge is 2.27. The highest BCUT2D eigenvalue weighted by atomic mass is 15.3. The molecule has 10 aromatic rings. The molecule has 8 aromatic carbocycles. The van der Waals surface area contributed by atoms with Crippen LogP contribution >= 0.6 is 0 Å². The maximum Gasteiger partial charge on any atom is 0.200 e. The van der Waals surface area contributed by atoms with Gasteiger partial charge in [0.1, 0.15) is 0 Å². The summed E-state index contributed by atoms with van der Waals surface area (Å²) in [4.78, 5) is 5.26. The largest absolute Gasteiger partial charge is 0.346 e. The van der Waals surface area contributed by atoms with Gasteiger partial charge < -0.3 is 9.88 Å². The second-order valence-corrected chi connectivity index (χ2v) is 13.2. The number of hydrogen-bond donors (Lipinski definition) is 1. The molecule has 50 heavy (non-hydrogen) atoms. The number of nitrogens with zero attached hydrogens (tertiary/aromatic N) is 3. The Balaban J connectivity index is 1.19. The first-order chi connectivity index (χ1) is 24.8. The van der Waals surface area contributed by atoms with Crippen molar-refractivity contribution in [3.05, 3.63) is 169 Å². The third kappa shape index (κ3) is 3.84. The number of hydrogen-bond acceptors (Lipinski definition) is 2. The van der Waals surface area contributed by atoms with Crippen LogP contribution in [0.15, 0.2) is 169 Å². The van der Waals surface area contributed by atoms with Crippen LogP contribution in [0.2, 0.25) is 0 Å². The molecule has 0 saturated carbocycles. The molecule has 1 N–H and O–H groups in total. The summed E-state index contributed by atoms with van der Waals surface area (Å²) in [5, 5.41) is 13.8. The summed E-state index contributed by atoms with van der Waals surface area (Å²) < 4.78 is 4.87. The van der Waals surface area contributed by atoms with E-state index in [2.05, 4.69) is 178 Å². The molecule has 0 saturated heterocycles. The fourth-order valence-corrected chi connectivity index (χ4v) is 8.33. The lowest BCUT2D eigenvalue weighted by Gasteiger charge is -2.25. The zero-order chi connectivity index (χ0) is 32.8. The van der Waals surface area contributed by atoms with Crippen LogP contribution in [0.4, 0.5) is 5.69 Å². The van der Waals surface area contributed by atoms with Crippen LogP contribution in [0.1, 0.15) is 11.9 Å². The monoisotopic (exact) mass is 638 g/mol. The standard InChI is InChI=1S/C46H30N4/c1-2-14-34(15-3-1)49-40-20-10-8-18-37(40)42-35-16-6-7-17-36(35)43-38-19-9-11-21-41(38)50(45(43)44(42)49)46-47-28-33-27-32(24-25-39(33)48-46)31-23-22-29-12-4-5-13-30(29)26-31/h1-28,46,48H. The molecule has 0 radical (unpaired) electrons. The molecule has 1 atom stereocenters. The number of aliphatic imine (C=N–C) groups is 1. The normalized spacial score (nSPS) is 14.3. The van der Waals surface area contributed by atoms with Crippen molar-refractivity contribution in [1.82, 2.24) is 9.13 Å². The van der Waals surface area contributed by atoms with Gasteiger partial charge in [0.05, 0.1) is 22.1 Å². The van der Waals surface area contributed by atoms with E-state index in [1.165, 1.54) is 70.8 Å². The van der Waals surface area contributed by atoms with Crippen LogP contribution in [0, 0.1) is 0 Å². The van der Waals surface area contributed by atoms with Gasteiger partial charge in [0, 0.05) is 44.7 Å². The van der Waals surface area contributed by atoms with Gasteiger partial charge in [-0.05, 0) is 75.1 Å². The number of fused-ring (bicyclic) bond motifs is 12. The smallest absolute Gasteiger partial charge is 0.200 e. The van der Waals surface area contributed by atoms with Crippen molar-refractivity contribution < 1.29 is 0 Å². The van der Waals surface area contributed by atoms with Crippen molar-refractivity contribution >= 4 is 77.1 Å². The molecule has 0 amide bonds. The summed E-state index contributed by atoms with van der Waals surface area (Å²) >= 11 is 0. The molecule has 234 valence electrons.